The van der Waals surface area contributed by atoms with Crippen LogP contribution in [0.2, 0.25) is 0 Å². The third-order valence-corrected chi connectivity index (χ3v) is 4.47. The summed E-state index contributed by atoms with van der Waals surface area (Å²) in [4.78, 5) is 6.41. The maximum Gasteiger partial charge on any atom is 0.283 e. The molecule has 1 fully saturated rings. The number of aromatic nitrogens is 5. The Morgan fingerprint density at radius 1 is 1.29 bits per heavy atom. The lowest BCUT2D eigenvalue weighted by atomic mass is 10.0. The number of hydrogen-bond acceptors (Lipinski definition) is 7. The first-order valence-electron chi connectivity index (χ1n) is 8.23. The molecule has 0 unspecified atom stereocenters. The molecule has 0 spiro atoms. The van der Waals surface area contributed by atoms with Gasteiger partial charge in [0.25, 0.3) is 5.89 Å². The van der Waals surface area contributed by atoms with Crippen LogP contribution >= 0.6 is 0 Å². The molecule has 24 heavy (non-hydrogen) atoms. The Hall–Kier alpha value is -2.48. The van der Waals surface area contributed by atoms with E-state index in [0.29, 0.717) is 30.1 Å². The van der Waals surface area contributed by atoms with Crippen molar-refractivity contribution in [2.75, 3.05) is 6.54 Å². The first kappa shape index (κ1) is 15.1. The van der Waals surface area contributed by atoms with Crippen LogP contribution in [-0.4, -0.2) is 42.4 Å². The average Bonchev–Trinajstić information content (AvgIpc) is 3.31. The van der Waals surface area contributed by atoms with E-state index in [4.69, 9.17) is 8.83 Å². The van der Waals surface area contributed by atoms with Gasteiger partial charge in [0.1, 0.15) is 12.7 Å². The van der Waals surface area contributed by atoms with Gasteiger partial charge in [-0.1, -0.05) is 6.42 Å². The predicted molar refractivity (Wildman–Crippen MR) is 84.8 cm³/mol. The van der Waals surface area contributed by atoms with Gasteiger partial charge in [0.15, 0.2) is 5.76 Å². The Balaban J connectivity index is 1.47. The lowest BCUT2D eigenvalue weighted by Crippen LogP contribution is -2.41. The highest BCUT2D eigenvalue weighted by Crippen LogP contribution is 2.25. The molecule has 0 saturated carbocycles. The highest BCUT2D eigenvalue weighted by molar-refractivity contribution is 5.49. The van der Waals surface area contributed by atoms with Crippen LogP contribution in [0.5, 0.6) is 0 Å². The van der Waals surface area contributed by atoms with Gasteiger partial charge in [-0.05, 0) is 32.4 Å². The van der Waals surface area contributed by atoms with Crippen molar-refractivity contribution >= 4 is 0 Å². The van der Waals surface area contributed by atoms with Gasteiger partial charge in [0.2, 0.25) is 5.89 Å². The normalized spacial score (nSPS) is 19.0. The van der Waals surface area contributed by atoms with E-state index >= 15 is 0 Å². The van der Waals surface area contributed by atoms with Gasteiger partial charge in [0.05, 0.1) is 19.4 Å². The predicted octanol–water partition coefficient (Wildman–Crippen LogP) is 2.28. The van der Waals surface area contributed by atoms with Crippen LogP contribution in [0.15, 0.2) is 33.8 Å². The molecule has 0 radical (unpaired) electrons. The summed E-state index contributed by atoms with van der Waals surface area (Å²) >= 11 is 0. The molecular weight excluding hydrogens is 308 g/mol. The first-order chi connectivity index (χ1) is 11.8. The minimum absolute atomic E-state index is 0.404. The van der Waals surface area contributed by atoms with Crippen molar-refractivity contribution in [3.8, 4) is 11.7 Å². The number of furan rings is 1. The second-order valence-corrected chi connectivity index (χ2v) is 6.17. The Morgan fingerprint density at radius 2 is 2.25 bits per heavy atom. The largest absolute Gasteiger partial charge is 0.459 e. The van der Waals surface area contributed by atoms with Crippen molar-refractivity contribution in [3.05, 3.63) is 36.4 Å². The molecule has 0 aliphatic carbocycles. The fourth-order valence-electron chi connectivity index (χ4n) is 3.19. The molecule has 1 aliphatic heterocycles. The number of nitrogens with zero attached hydrogens (tertiary/aromatic N) is 6. The summed E-state index contributed by atoms with van der Waals surface area (Å²) in [5.41, 5.74) is 0.993. The summed E-state index contributed by atoms with van der Waals surface area (Å²) in [6.45, 7) is 4.46. The van der Waals surface area contributed by atoms with Crippen LogP contribution in [0.25, 0.3) is 11.7 Å². The Kier molecular flexibility index (Phi) is 4.12. The molecule has 3 aromatic heterocycles. The molecule has 0 amide bonds. The van der Waals surface area contributed by atoms with Gasteiger partial charge in [-0.25, -0.2) is 4.98 Å². The van der Waals surface area contributed by atoms with Crippen molar-refractivity contribution in [2.45, 2.75) is 45.3 Å². The molecule has 3 aromatic rings. The van der Waals surface area contributed by atoms with Gasteiger partial charge in [-0.2, -0.15) is 5.10 Å². The third-order valence-electron chi connectivity index (χ3n) is 4.47. The van der Waals surface area contributed by atoms with Crippen LogP contribution in [-0.2, 0) is 13.1 Å². The molecule has 1 atom stereocenters. The van der Waals surface area contributed by atoms with Gasteiger partial charge in [-0.3, -0.25) is 9.58 Å². The Bertz CT molecular complexity index is 778. The molecular formula is C16H20N6O2. The zero-order valence-electron chi connectivity index (χ0n) is 13.6. The number of likely N-dealkylation sites (tertiary alicyclic amines) is 1. The molecule has 8 heteroatoms. The molecule has 126 valence electrons. The molecule has 1 aliphatic rings. The number of hydrogen-bond donors (Lipinski definition) is 0. The zero-order chi connectivity index (χ0) is 16.4. The van der Waals surface area contributed by atoms with Crippen molar-refractivity contribution in [1.82, 2.24) is 29.9 Å². The monoisotopic (exact) mass is 328 g/mol. The molecule has 0 N–H and O–H groups in total. The van der Waals surface area contributed by atoms with E-state index in [0.717, 1.165) is 25.1 Å². The maximum atomic E-state index is 5.80. The summed E-state index contributed by atoms with van der Waals surface area (Å²) in [5.74, 6) is 1.70. The van der Waals surface area contributed by atoms with Crippen molar-refractivity contribution < 1.29 is 8.83 Å². The lowest BCUT2D eigenvalue weighted by molar-refractivity contribution is 0.111. The Morgan fingerprint density at radius 3 is 3.04 bits per heavy atom. The highest BCUT2D eigenvalue weighted by Gasteiger charge is 2.25. The van der Waals surface area contributed by atoms with E-state index in [9.17, 15) is 0 Å². The first-order valence-corrected chi connectivity index (χ1v) is 8.23. The second-order valence-electron chi connectivity index (χ2n) is 6.17. The number of piperidine rings is 1. The fraction of sp³-hybridized carbons (Fsp3) is 0.500. The number of aryl methyl sites for hydroxylation is 1. The molecule has 4 rings (SSSR count). The fourth-order valence-corrected chi connectivity index (χ4v) is 3.19. The molecule has 0 aromatic carbocycles. The maximum absolute atomic E-state index is 5.80. The van der Waals surface area contributed by atoms with E-state index in [2.05, 4.69) is 25.2 Å². The van der Waals surface area contributed by atoms with E-state index < -0.39 is 0 Å². The molecule has 1 saturated heterocycles. The molecule has 4 heterocycles. The minimum Gasteiger partial charge on any atom is -0.459 e. The van der Waals surface area contributed by atoms with E-state index in [1.807, 2.05) is 17.7 Å². The van der Waals surface area contributed by atoms with Crippen LogP contribution in [0.4, 0.5) is 0 Å². The zero-order valence-corrected chi connectivity index (χ0v) is 13.6. The van der Waals surface area contributed by atoms with Gasteiger partial charge >= 0.3 is 0 Å². The number of rotatable bonds is 5. The summed E-state index contributed by atoms with van der Waals surface area (Å²) < 4.78 is 13.1. The minimum atomic E-state index is 0.404. The van der Waals surface area contributed by atoms with Gasteiger partial charge in [0, 0.05) is 11.6 Å². The van der Waals surface area contributed by atoms with E-state index in [-0.39, 0.29) is 0 Å². The summed E-state index contributed by atoms with van der Waals surface area (Å²) in [6, 6.07) is 2.29. The van der Waals surface area contributed by atoms with E-state index in [1.165, 1.54) is 12.8 Å². The highest BCUT2D eigenvalue weighted by atomic mass is 16.4. The van der Waals surface area contributed by atoms with Crippen LogP contribution in [0.3, 0.4) is 0 Å². The standard InChI is InChI=1S/C16H20N6O2/c1-12-5-7-23-15(12)16-20-19-14(24-16)9-21-6-3-2-4-13(21)8-22-11-17-10-18-22/h5,7,10-11,13H,2-4,6,8-9H2,1H3/t13-/m1/s1. The summed E-state index contributed by atoms with van der Waals surface area (Å²) in [6.07, 6.45) is 8.52. The van der Waals surface area contributed by atoms with Crippen LogP contribution in [0, 0.1) is 6.92 Å². The third kappa shape index (κ3) is 3.09. The lowest BCUT2D eigenvalue weighted by Gasteiger charge is -2.34. The topological polar surface area (TPSA) is 86.0 Å². The summed E-state index contributed by atoms with van der Waals surface area (Å²) in [7, 11) is 0. The SMILES string of the molecule is Cc1ccoc1-c1nnc(CN2CCCC[C@@H]2Cn2cncn2)o1. The van der Waals surface area contributed by atoms with Crippen molar-refractivity contribution in [2.24, 2.45) is 0 Å². The van der Waals surface area contributed by atoms with Crippen molar-refractivity contribution in [1.29, 1.82) is 0 Å². The molecule has 0 bridgehead atoms. The van der Waals surface area contributed by atoms with Crippen LogP contribution < -0.4 is 0 Å². The van der Waals surface area contributed by atoms with Crippen molar-refractivity contribution in [3.63, 3.8) is 0 Å². The summed E-state index contributed by atoms with van der Waals surface area (Å²) in [5, 5.41) is 12.5. The quantitative estimate of drug-likeness (QED) is 0.710. The van der Waals surface area contributed by atoms with E-state index in [1.54, 1.807) is 18.9 Å². The van der Waals surface area contributed by atoms with Gasteiger partial charge in [-0.15, -0.1) is 10.2 Å². The smallest absolute Gasteiger partial charge is 0.283 e. The second kappa shape index (κ2) is 6.56. The van der Waals surface area contributed by atoms with Crippen LogP contribution in [0.1, 0.15) is 30.7 Å². The molecule has 8 nitrogen and oxygen atoms in total. The Labute approximate surface area is 139 Å². The van der Waals surface area contributed by atoms with Gasteiger partial charge < -0.3 is 8.83 Å². The average molecular weight is 328 g/mol.